The van der Waals surface area contributed by atoms with Crippen LogP contribution in [0.2, 0.25) is 0 Å². The Balaban J connectivity index is 2.81. The van der Waals surface area contributed by atoms with Crippen LogP contribution in [0.5, 0.6) is 0 Å². The molecule has 0 saturated carbocycles. The van der Waals surface area contributed by atoms with Crippen LogP contribution in [-0.2, 0) is 0 Å². The first kappa shape index (κ1) is 12.1. The van der Waals surface area contributed by atoms with Gasteiger partial charge in [-0.15, -0.1) is 12.6 Å². The summed E-state index contributed by atoms with van der Waals surface area (Å²) in [5.74, 6) is 0. The third-order valence-corrected chi connectivity index (χ3v) is 3.52. The summed E-state index contributed by atoms with van der Waals surface area (Å²) >= 11 is 7.31. The molecule has 0 bridgehead atoms. The van der Waals surface area contributed by atoms with Crippen LogP contribution in [0.25, 0.3) is 0 Å². The van der Waals surface area contributed by atoms with E-state index in [-0.39, 0.29) is 0 Å². The third kappa shape index (κ3) is 3.67. The number of aromatic nitrogens is 3. The molecular weight excluding hydrogens is 234 g/mol. The average Bonchev–Trinajstić information content (AvgIpc) is 2.16. The average molecular weight is 247 g/mol. The second kappa shape index (κ2) is 5.82. The lowest BCUT2D eigenvalue weighted by molar-refractivity contribution is 0.717. The van der Waals surface area contributed by atoms with E-state index in [1.54, 1.807) is 11.8 Å². The van der Waals surface area contributed by atoms with Crippen LogP contribution in [0, 0.1) is 0 Å². The van der Waals surface area contributed by atoms with Crippen LogP contribution >= 0.6 is 36.2 Å². The molecule has 1 aromatic heterocycles. The van der Waals surface area contributed by atoms with Gasteiger partial charge in [-0.05, 0) is 12.7 Å². The monoisotopic (exact) mass is 247 g/mol. The predicted molar refractivity (Wildman–Crippen MR) is 64.5 cm³/mol. The molecule has 0 saturated heterocycles. The molecule has 1 unspecified atom stereocenters. The van der Waals surface area contributed by atoms with E-state index in [4.69, 9.17) is 0 Å². The summed E-state index contributed by atoms with van der Waals surface area (Å²) in [5, 5.41) is 2.52. The van der Waals surface area contributed by atoms with Gasteiger partial charge in [0.25, 0.3) is 0 Å². The molecule has 0 amide bonds. The van der Waals surface area contributed by atoms with Gasteiger partial charge >= 0.3 is 0 Å². The highest BCUT2D eigenvalue weighted by Gasteiger charge is 2.07. The van der Waals surface area contributed by atoms with Gasteiger partial charge in [0, 0.05) is 5.25 Å². The van der Waals surface area contributed by atoms with Crippen molar-refractivity contribution in [2.45, 2.75) is 41.0 Å². The highest BCUT2D eigenvalue weighted by Crippen LogP contribution is 2.23. The number of hydrogen-bond acceptors (Lipinski definition) is 6. The molecular formula is C8H13N3S3. The summed E-state index contributed by atoms with van der Waals surface area (Å²) in [6.45, 7) is 4.31. The summed E-state index contributed by atoms with van der Waals surface area (Å²) in [6.07, 6.45) is 3.05. The van der Waals surface area contributed by atoms with Crippen LogP contribution < -0.4 is 0 Å². The van der Waals surface area contributed by atoms with E-state index >= 15 is 0 Å². The number of rotatable bonds is 4. The van der Waals surface area contributed by atoms with Gasteiger partial charge in [0.1, 0.15) is 0 Å². The Morgan fingerprint density at radius 3 is 2.50 bits per heavy atom. The van der Waals surface area contributed by atoms with Crippen LogP contribution in [0.1, 0.15) is 20.3 Å². The molecule has 0 fully saturated rings. The van der Waals surface area contributed by atoms with Crippen molar-refractivity contribution in [3.05, 3.63) is 0 Å². The zero-order valence-corrected chi connectivity index (χ0v) is 10.9. The molecule has 1 heterocycles. The Hall–Kier alpha value is 0.0600. The number of thiol groups is 1. The summed E-state index contributed by atoms with van der Waals surface area (Å²) < 4.78 is 0. The molecule has 14 heavy (non-hydrogen) atoms. The SMILES string of the molecule is CCC(C)Sc1nc(S)nc(SC)n1. The molecule has 6 heteroatoms. The lowest BCUT2D eigenvalue weighted by Gasteiger charge is -2.06. The molecule has 0 radical (unpaired) electrons. The second-order valence-electron chi connectivity index (χ2n) is 2.74. The minimum absolute atomic E-state index is 0.496. The third-order valence-electron chi connectivity index (χ3n) is 1.65. The van der Waals surface area contributed by atoms with Crippen LogP contribution in [0.4, 0.5) is 0 Å². The molecule has 0 N–H and O–H groups in total. The first-order valence-corrected chi connectivity index (χ1v) is 6.86. The number of hydrogen-bond donors (Lipinski definition) is 1. The lowest BCUT2D eigenvalue weighted by Crippen LogP contribution is -1.99. The highest BCUT2D eigenvalue weighted by atomic mass is 32.2. The molecule has 3 nitrogen and oxygen atoms in total. The first-order valence-electron chi connectivity index (χ1n) is 4.31. The van der Waals surface area contributed by atoms with Crippen molar-refractivity contribution in [3.8, 4) is 0 Å². The molecule has 1 atom stereocenters. The molecule has 0 aromatic carbocycles. The molecule has 1 aromatic rings. The Labute approximate surface area is 98.3 Å². The van der Waals surface area contributed by atoms with Gasteiger partial charge in [-0.1, -0.05) is 37.4 Å². The van der Waals surface area contributed by atoms with Crippen LogP contribution in [0.3, 0.4) is 0 Å². The van der Waals surface area contributed by atoms with E-state index in [9.17, 15) is 0 Å². The standard InChI is InChI=1S/C8H13N3S3/c1-4-5(2)14-8-10-6(12)9-7(11-8)13-3/h5H,4H2,1-3H3,(H,9,10,11,12). The largest absolute Gasteiger partial charge is 0.197 e. The highest BCUT2D eigenvalue weighted by molar-refractivity contribution is 8.00. The fraction of sp³-hybridized carbons (Fsp3) is 0.625. The minimum atomic E-state index is 0.496. The van der Waals surface area contributed by atoms with E-state index in [0.29, 0.717) is 10.4 Å². The van der Waals surface area contributed by atoms with E-state index in [1.165, 1.54) is 11.8 Å². The van der Waals surface area contributed by atoms with E-state index in [1.807, 2.05) is 6.26 Å². The Bertz CT molecular complexity index is 306. The fourth-order valence-corrected chi connectivity index (χ4v) is 2.28. The van der Waals surface area contributed by atoms with Crippen molar-refractivity contribution < 1.29 is 0 Å². The van der Waals surface area contributed by atoms with Crippen molar-refractivity contribution in [2.24, 2.45) is 0 Å². The van der Waals surface area contributed by atoms with Gasteiger partial charge in [-0.25, -0.2) is 0 Å². The summed E-state index contributed by atoms with van der Waals surface area (Å²) in [4.78, 5) is 12.5. The van der Waals surface area contributed by atoms with Crippen molar-refractivity contribution in [3.63, 3.8) is 0 Å². The summed E-state index contributed by atoms with van der Waals surface area (Å²) in [6, 6.07) is 0. The lowest BCUT2D eigenvalue weighted by atomic mass is 10.4. The van der Waals surface area contributed by atoms with E-state index in [0.717, 1.165) is 16.7 Å². The smallest absolute Gasteiger partial charge is 0.192 e. The van der Waals surface area contributed by atoms with Gasteiger partial charge in [-0.2, -0.15) is 15.0 Å². The van der Waals surface area contributed by atoms with Gasteiger partial charge in [0.2, 0.25) is 0 Å². The number of thioether (sulfide) groups is 2. The molecule has 0 spiro atoms. The van der Waals surface area contributed by atoms with Gasteiger partial charge in [0.05, 0.1) is 0 Å². The molecule has 0 aliphatic rings. The van der Waals surface area contributed by atoms with Gasteiger partial charge in [0.15, 0.2) is 15.5 Å². The summed E-state index contributed by atoms with van der Waals surface area (Å²) in [7, 11) is 0. The molecule has 0 aliphatic heterocycles. The van der Waals surface area contributed by atoms with Crippen molar-refractivity contribution in [1.82, 2.24) is 15.0 Å². The maximum atomic E-state index is 4.29. The molecule has 0 aliphatic carbocycles. The van der Waals surface area contributed by atoms with Crippen molar-refractivity contribution in [1.29, 1.82) is 0 Å². The maximum Gasteiger partial charge on any atom is 0.192 e. The number of nitrogens with zero attached hydrogens (tertiary/aromatic N) is 3. The van der Waals surface area contributed by atoms with Gasteiger partial charge in [-0.3, -0.25) is 0 Å². The topological polar surface area (TPSA) is 38.7 Å². The fourth-order valence-electron chi connectivity index (χ4n) is 0.735. The normalized spacial score (nSPS) is 12.9. The first-order chi connectivity index (χ1) is 6.65. The van der Waals surface area contributed by atoms with Crippen molar-refractivity contribution in [2.75, 3.05) is 6.26 Å². The van der Waals surface area contributed by atoms with E-state index < -0.39 is 0 Å². The molecule has 78 valence electrons. The van der Waals surface area contributed by atoms with E-state index in [2.05, 4.69) is 41.4 Å². The Morgan fingerprint density at radius 2 is 1.93 bits per heavy atom. The molecule has 1 rings (SSSR count). The van der Waals surface area contributed by atoms with Gasteiger partial charge < -0.3 is 0 Å². The summed E-state index contributed by atoms with van der Waals surface area (Å²) in [5.41, 5.74) is 0. The Morgan fingerprint density at radius 1 is 1.29 bits per heavy atom. The zero-order valence-electron chi connectivity index (χ0n) is 8.39. The predicted octanol–water partition coefficient (Wildman–Crippen LogP) is 2.77. The van der Waals surface area contributed by atoms with Crippen molar-refractivity contribution >= 4 is 36.2 Å². The second-order valence-corrected chi connectivity index (χ2v) is 5.32. The quantitative estimate of drug-likeness (QED) is 0.654. The maximum absolute atomic E-state index is 4.29. The zero-order chi connectivity index (χ0) is 10.6. The Kier molecular flexibility index (Phi) is 5.05. The van der Waals surface area contributed by atoms with Crippen LogP contribution in [-0.4, -0.2) is 26.5 Å². The van der Waals surface area contributed by atoms with Crippen LogP contribution in [0.15, 0.2) is 15.5 Å². The minimum Gasteiger partial charge on any atom is -0.197 e.